The van der Waals surface area contributed by atoms with Crippen LogP contribution in [-0.2, 0) is 19.4 Å². The number of sulfone groups is 1. The molecule has 0 atom stereocenters. The number of carbonyl (C=O) groups is 2. The average molecular weight is 743 g/mol. The van der Waals surface area contributed by atoms with Crippen LogP contribution in [0.5, 0.6) is 23.0 Å². The van der Waals surface area contributed by atoms with E-state index in [4.69, 9.17) is 9.47 Å². The molecule has 0 aromatic heterocycles. The van der Waals surface area contributed by atoms with Gasteiger partial charge in [0.25, 0.3) is 0 Å². The molecule has 0 fully saturated rings. The zero-order valence-electron chi connectivity index (χ0n) is 31.1. The van der Waals surface area contributed by atoms with Crippen molar-refractivity contribution in [2.24, 2.45) is 0 Å². The molecule has 0 aliphatic heterocycles. The molecule has 9 heteroatoms. The third-order valence-corrected chi connectivity index (χ3v) is 11.1. The predicted octanol–water partition coefficient (Wildman–Crippen LogP) is 11.4. The third-order valence-electron chi connectivity index (χ3n) is 9.27. The minimum absolute atomic E-state index is 0.0159. The fourth-order valence-electron chi connectivity index (χ4n) is 6.28. The van der Waals surface area contributed by atoms with Gasteiger partial charge in [0, 0.05) is 24.0 Å². The highest BCUT2D eigenvalue weighted by Gasteiger charge is 2.27. The summed E-state index contributed by atoms with van der Waals surface area (Å²) in [7, 11) is -4.27. The Bertz CT molecular complexity index is 1730. The van der Waals surface area contributed by atoms with Gasteiger partial charge in [0.2, 0.25) is 9.84 Å². The molecule has 4 aromatic rings. The lowest BCUT2D eigenvalue weighted by Crippen LogP contribution is -2.10. The van der Waals surface area contributed by atoms with E-state index in [1.807, 2.05) is 0 Å². The number of hydrogen-bond donors (Lipinski definition) is 2. The first-order valence-electron chi connectivity index (χ1n) is 19.2. The van der Waals surface area contributed by atoms with Crippen molar-refractivity contribution in [2.45, 2.75) is 126 Å². The highest BCUT2D eigenvalue weighted by molar-refractivity contribution is 7.91. The first kappa shape index (κ1) is 41.1. The Morgan fingerprint density at radius 2 is 0.830 bits per heavy atom. The van der Waals surface area contributed by atoms with Crippen LogP contribution < -0.4 is 9.47 Å². The molecule has 0 aliphatic rings. The first-order valence-corrected chi connectivity index (χ1v) is 20.6. The van der Waals surface area contributed by atoms with E-state index in [9.17, 15) is 28.2 Å². The van der Waals surface area contributed by atoms with E-state index in [0.717, 1.165) is 38.5 Å². The van der Waals surface area contributed by atoms with Crippen molar-refractivity contribution in [2.75, 3.05) is 0 Å². The largest absolute Gasteiger partial charge is 0.508 e. The predicted molar refractivity (Wildman–Crippen MR) is 209 cm³/mol. The Morgan fingerprint density at radius 1 is 0.491 bits per heavy atom. The van der Waals surface area contributed by atoms with Crippen LogP contribution in [-0.4, -0.2) is 30.6 Å². The van der Waals surface area contributed by atoms with Crippen LogP contribution in [0.1, 0.15) is 117 Å². The zero-order valence-corrected chi connectivity index (χ0v) is 32.0. The van der Waals surface area contributed by atoms with Gasteiger partial charge in [0.1, 0.15) is 23.0 Å². The molecule has 0 saturated heterocycles. The average Bonchev–Trinajstić information content (AvgIpc) is 3.14. The van der Waals surface area contributed by atoms with E-state index in [-0.39, 0.29) is 56.8 Å². The van der Waals surface area contributed by atoms with Crippen LogP contribution in [0.4, 0.5) is 0 Å². The van der Waals surface area contributed by atoms with Crippen molar-refractivity contribution < 1.29 is 37.7 Å². The monoisotopic (exact) mass is 742 g/mol. The van der Waals surface area contributed by atoms with E-state index < -0.39 is 21.8 Å². The summed E-state index contributed by atoms with van der Waals surface area (Å²) in [6.45, 7) is 4.35. The number of aromatic hydroxyl groups is 2. The van der Waals surface area contributed by atoms with Crippen LogP contribution in [0, 0.1) is 0 Å². The van der Waals surface area contributed by atoms with Gasteiger partial charge < -0.3 is 19.7 Å². The van der Waals surface area contributed by atoms with Crippen molar-refractivity contribution in [3.8, 4) is 45.3 Å². The van der Waals surface area contributed by atoms with Gasteiger partial charge in [-0.25, -0.2) is 8.42 Å². The van der Waals surface area contributed by atoms with Crippen LogP contribution in [0.2, 0.25) is 0 Å². The van der Waals surface area contributed by atoms with Gasteiger partial charge in [0.05, 0.1) is 9.79 Å². The number of rotatable bonds is 22. The van der Waals surface area contributed by atoms with Gasteiger partial charge in [-0.2, -0.15) is 0 Å². The summed E-state index contributed by atoms with van der Waals surface area (Å²) >= 11 is 0. The molecule has 53 heavy (non-hydrogen) atoms. The highest BCUT2D eigenvalue weighted by atomic mass is 32.2. The number of unbranched alkanes of at least 4 members (excludes halogenated alkanes) is 12. The van der Waals surface area contributed by atoms with Gasteiger partial charge in [-0.1, -0.05) is 115 Å². The van der Waals surface area contributed by atoms with E-state index >= 15 is 0 Å². The Hall–Kier alpha value is -4.63. The van der Waals surface area contributed by atoms with Crippen molar-refractivity contribution in [1.29, 1.82) is 0 Å². The van der Waals surface area contributed by atoms with Gasteiger partial charge >= 0.3 is 11.9 Å². The zero-order chi connectivity index (χ0) is 38.1. The van der Waals surface area contributed by atoms with Crippen LogP contribution in [0.15, 0.2) is 94.7 Å². The minimum atomic E-state index is -4.27. The maximum atomic E-state index is 14.6. The summed E-state index contributed by atoms with van der Waals surface area (Å²) in [5, 5.41) is 20.0. The maximum Gasteiger partial charge on any atom is 0.311 e. The summed E-state index contributed by atoms with van der Waals surface area (Å²) in [5.74, 6) is -0.330. The number of carbonyl (C=O) groups excluding carboxylic acids is 2. The summed E-state index contributed by atoms with van der Waals surface area (Å²) in [6, 6.07) is 21.1. The SMILES string of the molecule is CCCCCCCCCC(=O)Oc1ccc(S(=O)(=O)c2ccc(OC(=O)CCCCCCCCC)cc2-c2ccc(O)cc2)c(-c2ccc(O)cc2)c1. The lowest BCUT2D eigenvalue weighted by atomic mass is 10.0. The van der Waals surface area contributed by atoms with Gasteiger partial charge in [-0.15, -0.1) is 0 Å². The van der Waals surface area contributed by atoms with Crippen molar-refractivity contribution in [3.63, 3.8) is 0 Å². The topological polar surface area (TPSA) is 127 Å². The van der Waals surface area contributed by atoms with Crippen LogP contribution in [0.25, 0.3) is 22.3 Å². The van der Waals surface area contributed by atoms with Gasteiger partial charge in [-0.05, 0) is 84.6 Å². The van der Waals surface area contributed by atoms with E-state index in [0.29, 0.717) is 24.0 Å². The molecule has 2 N–H and O–H groups in total. The summed E-state index contributed by atoms with van der Waals surface area (Å²) in [5.41, 5.74) is 1.56. The normalized spacial score (nSPS) is 11.4. The van der Waals surface area contributed by atoms with Crippen LogP contribution >= 0.6 is 0 Å². The molecule has 0 bridgehead atoms. The van der Waals surface area contributed by atoms with Crippen molar-refractivity contribution in [1.82, 2.24) is 0 Å². The highest BCUT2D eigenvalue weighted by Crippen LogP contribution is 2.40. The number of ether oxygens (including phenoxy) is 2. The molecule has 4 rings (SSSR count). The lowest BCUT2D eigenvalue weighted by Gasteiger charge is -2.17. The lowest BCUT2D eigenvalue weighted by molar-refractivity contribution is -0.135. The van der Waals surface area contributed by atoms with E-state index in [1.54, 1.807) is 24.3 Å². The van der Waals surface area contributed by atoms with E-state index in [1.165, 1.54) is 99.2 Å². The second-order valence-corrected chi connectivity index (χ2v) is 15.5. The Labute approximate surface area is 315 Å². The Balaban J connectivity index is 1.61. The number of benzene rings is 4. The molecule has 0 spiro atoms. The standard InChI is InChI=1S/C44H54O8S/c1-3-5-7-9-11-13-15-17-43(47)51-37-27-29-41(39(31-37)33-19-23-35(45)24-20-33)53(49,50)42-30-28-38(32-40(42)34-21-25-36(46)26-22-34)52-44(48)18-16-14-12-10-8-6-4-2/h19-32,45-46H,3-18H2,1-2H3. The maximum absolute atomic E-state index is 14.6. The molecule has 8 nitrogen and oxygen atoms in total. The Kier molecular flexibility index (Phi) is 16.4. The smallest absolute Gasteiger partial charge is 0.311 e. The third kappa shape index (κ3) is 12.8. The summed E-state index contributed by atoms with van der Waals surface area (Å²) in [4.78, 5) is 25.5. The quantitative estimate of drug-likeness (QED) is 0.0463. The molecule has 0 radical (unpaired) electrons. The minimum Gasteiger partial charge on any atom is -0.508 e. The Morgan fingerprint density at radius 3 is 1.19 bits per heavy atom. The number of phenolic OH excluding ortho intramolecular Hbond substituents is 2. The van der Waals surface area contributed by atoms with Crippen LogP contribution in [0.3, 0.4) is 0 Å². The first-order chi connectivity index (χ1) is 25.6. The molecule has 0 amide bonds. The number of esters is 2. The molecule has 0 saturated carbocycles. The van der Waals surface area contributed by atoms with Gasteiger partial charge in [-0.3, -0.25) is 9.59 Å². The number of hydrogen-bond acceptors (Lipinski definition) is 8. The number of phenols is 2. The molecule has 4 aromatic carbocycles. The fraction of sp³-hybridized carbons (Fsp3) is 0.409. The summed E-state index contributed by atoms with van der Waals surface area (Å²) < 4.78 is 40.6. The molecular formula is C44H54O8S. The van der Waals surface area contributed by atoms with Crippen molar-refractivity contribution in [3.05, 3.63) is 84.9 Å². The molecule has 0 heterocycles. The second-order valence-electron chi connectivity index (χ2n) is 13.6. The molecule has 0 aliphatic carbocycles. The van der Waals surface area contributed by atoms with Crippen molar-refractivity contribution >= 4 is 21.8 Å². The van der Waals surface area contributed by atoms with E-state index in [2.05, 4.69) is 13.8 Å². The molecule has 0 unspecified atom stereocenters. The second kappa shape index (κ2) is 21.2. The van der Waals surface area contributed by atoms with Gasteiger partial charge in [0.15, 0.2) is 0 Å². The molecular weight excluding hydrogens is 689 g/mol. The molecule has 284 valence electrons. The summed E-state index contributed by atoms with van der Waals surface area (Å²) in [6.07, 6.45) is 15.5. The fourth-order valence-corrected chi connectivity index (χ4v) is 7.95.